The molecule has 22 heavy (non-hydrogen) atoms. The van der Waals surface area contributed by atoms with Crippen LogP contribution in [0.2, 0.25) is 0 Å². The van der Waals surface area contributed by atoms with Crippen molar-refractivity contribution < 1.29 is 19.4 Å². The van der Waals surface area contributed by atoms with Crippen molar-refractivity contribution in [2.75, 3.05) is 18.2 Å². The van der Waals surface area contributed by atoms with Crippen molar-refractivity contribution >= 4 is 23.3 Å². The van der Waals surface area contributed by atoms with Crippen molar-refractivity contribution in [3.05, 3.63) is 53.1 Å². The topological polar surface area (TPSA) is 102 Å². The van der Waals surface area contributed by atoms with Gasteiger partial charge in [-0.25, -0.2) is 4.79 Å². The van der Waals surface area contributed by atoms with Crippen LogP contribution in [0.25, 0.3) is 0 Å². The fourth-order valence-corrected chi connectivity index (χ4v) is 1.95. The lowest BCUT2D eigenvalue weighted by Crippen LogP contribution is -2.15. The zero-order valence-corrected chi connectivity index (χ0v) is 12.2. The first kappa shape index (κ1) is 15.4. The molecule has 0 saturated carbocycles. The number of aromatic carboxylic acids is 1. The molecular formula is C16H16N2O4. The molecule has 114 valence electrons. The summed E-state index contributed by atoms with van der Waals surface area (Å²) in [6.45, 7) is 1.78. The van der Waals surface area contributed by atoms with Gasteiger partial charge < -0.3 is 20.9 Å². The van der Waals surface area contributed by atoms with E-state index in [-0.39, 0.29) is 11.3 Å². The van der Waals surface area contributed by atoms with E-state index >= 15 is 0 Å². The summed E-state index contributed by atoms with van der Waals surface area (Å²) in [7, 11) is 1.51. The summed E-state index contributed by atoms with van der Waals surface area (Å²) in [5.41, 5.74) is 7.69. The largest absolute Gasteiger partial charge is 0.497 e. The van der Waals surface area contributed by atoms with E-state index in [4.69, 9.17) is 15.6 Å². The van der Waals surface area contributed by atoms with Crippen molar-refractivity contribution in [1.82, 2.24) is 0 Å². The molecule has 0 aliphatic heterocycles. The Kier molecular flexibility index (Phi) is 4.31. The van der Waals surface area contributed by atoms with Gasteiger partial charge in [-0.05, 0) is 36.8 Å². The zero-order chi connectivity index (χ0) is 16.3. The van der Waals surface area contributed by atoms with E-state index in [1.165, 1.54) is 19.2 Å². The number of hydrogen-bond donors (Lipinski definition) is 3. The molecule has 2 aromatic rings. The van der Waals surface area contributed by atoms with E-state index in [2.05, 4.69) is 5.32 Å². The standard InChI is InChI=1S/C16H16N2O4/c1-9-3-4-10(16(20)21)7-14(9)18-15(19)12-6-5-11(22-2)8-13(12)17/h3-8H,17H2,1-2H3,(H,18,19)(H,20,21). The molecule has 6 nitrogen and oxygen atoms in total. The van der Waals surface area contributed by atoms with Crippen LogP contribution < -0.4 is 15.8 Å². The van der Waals surface area contributed by atoms with Crippen LogP contribution in [0.4, 0.5) is 11.4 Å². The summed E-state index contributed by atoms with van der Waals surface area (Å²) < 4.78 is 5.03. The Morgan fingerprint density at radius 2 is 1.91 bits per heavy atom. The Balaban J connectivity index is 2.29. The Morgan fingerprint density at radius 1 is 1.18 bits per heavy atom. The van der Waals surface area contributed by atoms with Crippen LogP contribution >= 0.6 is 0 Å². The monoisotopic (exact) mass is 300 g/mol. The minimum absolute atomic E-state index is 0.101. The summed E-state index contributed by atoms with van der Waals surface area (Å²) in [4.78, 5) is 23.3. The number of carboxylic acids is 1. The highest BCUT2D eigenvalue weighted by molar-refractivity contribution is 6.08. The van der Waals surface area contributed by atoms with Crippen molar-refractivity contribution in [3.8, 4) is 5.75 Å². The molecule has 1 amide bonds. The van der Waals surface area contributed by atoms with Gasteiger partial charge in [0.25, 0.3) is 5.91 Å². The number of nitrogens with two attached hydrogens (primary N) is 1. The number of carbonyl (C=O) groups excluding carboxylic acids is 1. The summed E-state index contributed by atoms with van der Waals surface area (Å²) >= 11 is 0. The van der Waals surface area contributed by atoms with Crippen molar-refractivity contribution in [3.63, 3.8) is 0 Å². The van der Waals surface area contributed by atoms with Crippen LogP contribution in [0.3, 0.4) is 0 Å². The first-order chi connectivity index (χ1) is 10.4. The van der Waals surface area contributed by atoms with E-state index < -0.39 is 11.9 Å². The van der Waals surface area contributed by atoms with E-state index in [1.54, 1.807) is 31.2 Å². The fourth-order valence-electron chi connectivity index (χ4n) is 1.95. The highest BCUT2D eigenvalue weighted by Gasteiger charge is 2.13. The molecule has 0 bridgehead atoms. The third-order valence-corrected chi connectivity index (χ3v) is 3.24. The third-order valence-electron chi connectivity index (χ3n) is 3.24. The molecule has 0 spiro atoms. The lowest BCUT2D eigenvalue weighted by molar-refractivity contribution is 0.0696. The van der Waals surface area contributed by atoms with E-state index in [0.29, 0.717) is 17.0 Å². The number of rotatable bonds is 4. The van der Waals surface area contributed by atoms with Crippen LogP contribution in [-0.4, -0.2) is 24.1 Å². The number of nitrogens with one attached hydrogen (secondary N) is 1. The van der Waals surface area contributed by atoms with Gasteiger partial charge in [0.05, 0.1) is 18.2 Å². The first-order valence-electron chi connectivity index (χ1n) is 6.51. The van der Waals surface area contributed by atoms with Gasteiger partial charge in [-0.3, -0.25) is 4.79 Å². The average molecular weight is 300 g/mol. The fraction of sp³-hybridized carbons (Fsp3) is 0.125. The number of ether oxygens (including phenoxy) is 1. The minimum Gasteiger partial charge on any atom is -0.497 e. The maximum absolute atomic E-state index is 12.3. The van der Waals surface area contributed by atoms with Crippen molar-refractivity contribution in [2.24, 2.45) is 0 Å². The van der Waals surface area contributed by atoms with Gasteiger partial charge in [0, 0.05) is 17.4 Å². The Labute approximate surface area is 127 Å². The summed E-state index contributed by atoms with van der Waals surface area (Å²) in [6, 6.07) is 9.27. The van der Waals surface area contributed by atoms with E-state index in [1.807, 2.05) is 0 Å². The van der Waals surface area contributed by atoms with E-state index in [0.717, 1.165) is 5.56 Å². The van der Waals surface area contributed by atoms with Crippen LogP contribution in [0.1, 0.15) is 26.3 Å². The number of hydrogen-bond acceptors (Lipinski definition) is 4. The molecule has 0 fully saturated rings. The Bertz CT molecular complexity index is 741. The number of carboxylic acid groups (broad SMARTS) is 1. The second-order valence-electron chi connectivity index (χ2n) is 4.74. The molecule has 0 saturated heterocycles. The highest BCUT2D eigenvalue weighted by atomic mass is 16.5. The predicted molar refractivity (Wildman–Crippen MR) is 83.5 cm³/mol. The Morgan fingerprint density at radius 3 is 2.50 bits per heavy atom. The third kappa shape index (κ3) is 3.17. The predicted octanol–water partition coefficient (Wildman–Crippen LogP) is 2.54. The molecule has 6 heteroatoms. The number of amides is 1. The molecule has 0 aliphatic rings. The van der Waals surface area contributed by atoms with Crippen LogP contribution in [0.5, 0.6) is 5.75 Å². The number of carbonyl (C=O) groups is 2. The summed E-state index contributed by atoms with van der Waals surface area (Å²) in [5, 5.41) is 11.7. The number of anilines is 2. The van der Waals surface area contributed by atoms with E-state index in [9.17, 15) is 9.59 Å². The maximum atomic E-state index is 12.3. The van der Waals surface area contributed by atoms with Crippen LogP contribution in [0, 0.1) is 6.92 Å². The SMILES string of the molecule is COc1ccc(C(=O)Nc2cc(C(=O)O)ccc2C)c(N)c1. The minimum atomic E-state index is -1.06. The summed E-state index contributed by atoms with van der Waals surface area (Å²) in [6.07, 6.45) is 0. The van der Waals surface area contributed by atoms with Crippen LogP contribution in [-0.2, 0) is 0 Å². The maximum Gasteiger partial charge on any atom is 0.335 e. The second kappa shape index (κ2) is 6.17. The second-order valence-corrected chi connectivity index (χ2v) is 4.74. The first-order valence-corrected chi connectivity index (χ1v) is 6.51. The molecule has 2 aromatic carbocycles. The van der Waals surface area contributed by atoms with Gasteiger partial charge >= 0.3 is 5.97 Å². The molecule has 0 unspecified atom stereocenters. The molecule has 0 radical (unpaired) electrons. The molecule has 0 aromatic heterocycles. The zero-order valence-electron chi connectivity index (χ0n) is 12.2. The molecule has 0 heterocycles. The molecule has 2 rings (SSSR count). The van der Waals surface area contributed by atoms with Gasteiger partial charge in [0.2, 0.25) is 0 Å². The van der Waals surface area contributed by atoms with Gasteiger partial charge in [-0.15, -0.1) is 0 Å². The highest BCUT2D eigenvalue weighted by Crippen LogP contribution is 2.22. The van der Waals surface area contributed by atoms with Gasteiger partial charge in [0.1, 0.15) is 5.75 Å². The van der Waals surface area contributed by atoms with Crippen LogP contribution in [0.15, 0.2) is 36.4 Å². The number of methoxy groups -OCH3 is 1. The van der Waals surface area contributed by atoms with Crippen molar-refractivity contribution in [1.29, 1.82) is 0 Å². The molecular weight excluding hydrogens is 284 g/mol. The quantitative estimate of drug-likeness (QED) is 0.753. The Hall–Kier alpha value is -3.02. The molecule has 0 aliphatic carbocycles. The average Bonchev–Trinajstić information content (AvgIpc) is 2.48. The number of nitrogen functional groups attached to an aromatic ring is 1. The molecule has 4 N–H and O–H groups in total. The smallest absolute Gasteiger partial charge is 0.335 e. The molecule has 0 atom stereocenters. The lowest BCUT2D eigenvalue weighted by Gasteiger charge is -2.11. The number of aryl methyl sites for hydroxylation is 1. The van der Waals surface area contributed by atoms with Gasteiger partial charge in [0.15, 0.2) is 0 Å². The van der Waals surface area contributed by atoms with Gasteiger partial charge in [-0.1, -0.05) is 6.07 Å². The summed E-state index contributed by atoms with van der Waals surface area (Å²) in [5.74, 6) is -0.914. The number of benzene rings is 2. The van der Waals surface area contributed by atoms with Gasteiger partial charge in [-0.2, -0.15) is 0 Å². The lowest BCUT2D eigenvalue weighted by atomic mass is 10.1. The van der Waals surface area contributed by atoms with Crippen molar-refractivity contribution in [2.45, 2.75) is 6.92 Å². The normalized spacial score (nSPS) is 10.1.